The standard InChI is InChI=1S/C8H17NO4S.C2H6/c1-7(2)3-4-8(10)9-5-6-14(11,12)13;1-2/h7H,3-6H2,1-2H3,(H,9,10)(H,11,12,13);1-2H3. The van der Waals surface area contributed by atoms with E-state index < -0.39 is 15.9 Å². The molecule has 16 heavy (non-hydrogen) atoms. The Balaban J connectivity index is 0. The van der Waals surface area contributed by atoms with Crippen molar-refractivity contribution in [2.24, 2.45) is 5.92 Å². The topological polar surface area (TPSA) is 83.5 Å². The number of rotatable bonds is 6. The smallest absolute Gasteiger partial charge is 0.266 e. The van der Waals surface area contributed by atoms with Gasteiger partial charge in [0.05, 0.1) is 5.75 Å². The molecule has 0 aromatic heterocycles. The molecule has 0 saturated carbocycles. The van der Waals surface area contributed by atoms with Gasteiger partial charge in [-0.2, -0.15) is 8.42 Å². The highest BCUT2D eigenvalue weighted by Crippen LogP contribution is 2.02. The Labute approximate surface area is 98.4 Å². The average Bonchev–Trinajstić information content (AvgIpc) is 2.16. The maximum atomic E-state index is 11.0. The first-order chi connectivity index (χ1) is 7.31. The highest BCUT2D eigenvalue weighted by molar-refractivity contribution is 7.85. The van der Waals surface area contributed by atoms with Crippen LogP contribution in [0.25, 0.3) is 0 Å². The van der Waals surface area contributed by atoms with E-state index >= 15 is 0 Å². The molecule has 0 radical (unpaired) electrons. The summed E-state index contributed by atoms with van der Waals surface area (Å²) in [5.41, 5.74) is 0. The predicted octanol–water partition coefficient (Wildman–Crippen LogP) is 1.45. The van der Waals surface area contributed by atoms with Crippen LogP contribution >= 0.6 is 0 Å². The van der Waals surface area contributed by atoms with Crippen molar-refractivity contribution in [3.05, 3.63) is 0 Å². The molecule has 0 aliphatic carbocycles. The molecule has 0 aliphatic heterocycles. The number of amides is 1. The van der Waals surface area contributed by atoms with Gasteiger partial charge in [-0.1, -0.05) is 27.7 Å². The van der Waals surface area contributed by atoms with Gasteiger partial charge in [0.15, 0.2) is 0 Å². The van der Waals surface area contributed by atoms with Crippen molar-refractivity contribution in [3.63, 3.8) is 0 Å². The zero-order valence-corrected chi connectivity index (χ0v) is 11.3. The zero-order chi connectivity index (χ0) is 13.2. The zero-order valence-electron chi connectivity index (χ0n) is 10.5. The molecule has 0 unspecified atom stereocenters. The van der Waals surface area contributed by atoms with E-state index in [1.165, 1.54) is 0 Å². The van der Waals surface area contributed by atoms with Gasteiger partial charge in [0.25, 0.3) is 10.1 Å². The molecular weight excluding hydrogens is 230 g/mol. The summed E-state index contributed by atoms with van der Waals surface area (Å²) >= 11 is 0. The van der Waals surface area contributed by atoms with Gasteiger partial charge >= 0.3 is 0 Å². The predicted molar refractivity (Wildman–Crippen MR) is 64.8 cm³/mol. The number of carbonyl (C=O) groups is 1. The Morgan fingerprint density at radius 2 is 1.81 bits per heavy atom. The second kappa shape index (κ2) is 9.59. The van der Waals surface area contributed by atoms with Gasteiger partial charge in [0, 0.05) is 13.0 Å². The molecule has 0 spiro atoms. The van der Waals surface area contributed by atoms with E-state index in [0.29, 0.717) is 12.3 Å². The highest BCUT2D eigenvalue weighted by atomic mass is 32.2. The quantitative estimate of drug-likeness (QED) is 0.702. The van der Waals surface area contributed by atoms with Crippen LogP contribution < -0.4 is 5.32 Å². The third-order valence-electron chi connectivity index (χ3n) is 1.63. The third-order valence-corrected chi connectivity index (χ3v) is 2.35. The Hall–Kier alpha value is -0.620. The van der Waals surface area contributed by atoms with Crippen molar-refractivity contribution >= 4 is 16.0 Å². The molecule has 0 aliphatic rings. The molecule has 0 atom stereocenters. The number of nitrogens with one attached hydrogen (secondary N) is 1. The van der Waals surface area contributed by atoms with Gasteiger partial charge in [-0.3, -0.25) is 9.35 Å². The fraction of sp³-hybridized carbons (Fsp3) is 0.900. The lowest BCUT2D eigenvalue weighted by Crippen LogP contribution is -2.28. The van der Waals surface area contributed by atoms with Gasteiger partial charge in [-0.05, 0) is 12.3 Å². The first-order valence-electron chi connectivity index (χ1n) is 5.53. The van der Waals surface area contributed by atoms with Crippen molar-refractivity contribution in [2.75, 3.05) is 12.3 Å². The van der Waals surface area contributed by atoms with Crippen LogP contribution in [-0.2, 0) is 14.9 Å². The average molecular weight is 253 g/mol. The Bertz CT molecular complexity index is 273. The number of hydrogen-bond acceptors (Lipinski definition) is 3. The summed E-state index contributed by atoms with van der Waals surface area (Å²) in [5.74, 6) is -0.162. The molecule has 98 valence electrons. The molecule has 0 bridgehead atoms. The molecule has 2 N–H and O–H groups in total. The summed E-state index contributed by atoms with van der Waals surface area (Å²) in [6.45, 7) is 7.98. The van der Waals surface area contributed by atoms with Crippen LogP contribution in [0, 0.1) is 5.92 Å². The molecule has 5 nitrogen and oxygen atoms in total. The van der Waals surface area contributed by atoms with E-state index in [1.807, 2.05) is 27.7 Å². The van der Waals surface area contributed by atoms with Crippen molar-refractivity contribution in [3.8, 4) is 0 Å². The van der Waals surface area contributed by atoms with Gasteiger partial charge in [-0.15, -0.1) is 0 Å². The largest absolute Gasteiger partial charge is 0.355 e. The van der Waals surface area contributed by atoms with E-state index in [4.69, 9.17) is 4.55 Å². The SMILES string of the molecule is CC.CC(C)CCC(=O)NCCS(=O)(=O)O. The van der Waals surface area contributed by atoms with E-state index in [1.54, 1.807) is 0 Å². The third kappa shape index (κ3) is 15.8. The Morgan fingerprint density at radius 1 is 1.31 bits per heavy atom. The normalized spacial score (nSPS) is 10.6. The molecule has 0 fully saturated rings. The summed E-state index contributed by atoms with van der Waals surface area (Å²) in [6.07, 6.45) is 1.17. The molecule has 1 amide bonds. The molecule has 0 rings (SSSR count). The molecule has 0 aromatic rings. The van der Waals surface area contributed by atoms with Gasteiger partial charge < -0.3 is 5.32 Å². The van der Waals surface area contributed by atoms with Crippen LogP contribution in [0.5, 0.6) is 0 Å². The lowest BCUT2D eigenvalue weighted by atomic mass is 10.1. The van der Waals surface area contributed by atoms with Crippen LogP contribution in [0.1, 0.15) is 40.5 Å². The molecule has 0 aromatic carbocycles. The first kappa shape index (κ1) is 17.8. The van der Waals surface area contributed by atoms with Gasteiger partial charge in [0.2, 0.25) is 5.91 Å². The van der Waals surface area contributed by atoms with Crippen molar-refractivity contribution in [1.29, 1.82) is 0 Å². The summed E-state index contributed by atoms with van der Waals surface area (Å²) < 4.78 is 28.9. The first-order valence-corrected chi connectivity index (χ1v) is 7.14. The lowest BCUT2D eigenvalue weighted by Gasteiger charge is -2.05. The summed E-state index contributed by atoms with van der Waals surface area (Å²) in [6, 6.07) is 0. The fourth-order valence-corrected chi connectivity index (χ4v) is 1.19. The second-order valence-corrected chi connectivity index (χ2v) is 5.14. The Kier molecular flexibility index (Phi) is 10.7. The van der Waals surface area contributed by atoms with Crippen LogP contribution in [0.4, 0.5) is 0 Å². The lowest BCUT2D eigenvalue weighted by molar-refractivity contribution is -0.121. The van der Waals surface area contributed by atoms with Crippen LogP contribution in [0.3, 0.4) is 0 Å². The summed E-state index contributed by atoms with van der Waals surface area (Å²) in [4.78, 5) is 11.0. The van der Waals surface area contributed by atoms with Crippen LogP contribution in [-0.4, -0.2) is 31.2 Å². The second-order valence-electron chi connectivity index (χ2n) is 3.57. The maximum Gasteiger partial charge on any atom is 0.266 e. The van der Waals surface area contributed by atoms with Gasteiger partial charge in [-0.25, -0.2) is 0 Å². The maximum absolute atomic E-state index is 11.0. The fourth-order valence-electron chi connectivity index (χ4n) is 0.828. The van der Waals surface area contributed by atoms with E-state index in [0.717, 1.165) is 6.42 Å². The molecular formula is C10H23NO4S. The number of hydrogen-bond donors (Lipinski definition) is 2. The van der Waals surface area contributed by atoms with Gasteiger partial charge in [0.1, 0.15) is 0 Å². The van der Waals surface area contributed by atoms with Crippen molar-refractivity contribution in [1.82, 2.24) is 5.32 Å². The molecule has 6 heteroatoms. The van der Waals surface area contributed by atoms with E-state index in [9.17, 15) is 13.2 Å². The summed E-state index contributed by atoms with van der Waals surface area (Å²) in [7, 11) is -3.97. The Morgan fingerprint density at radius 3 is 2.19 bits per heavy atom. The van der Waals surface area contributed by atoms with E-state index in [2.05, 4.69) is 5.32 Å². The van der Waals surface area contributed by atoms with E-state index in [-0.39, 0.29) is 12.5 Å². The monoisotopic (exact) mass is 253 g/mol. The van der Waals surface area contributed by atoms with Crippen molar-refractivity contribution < 1.29 is 17.8 Å². The van der Waals surface area contributed by atoms with Crippen LogP contribution in [0.15, 0.2) is 0 Å². The highest BCUT2D eigenvalue weighted by Gasteiger charge is 2.06. The molecule has 0 heterocycles. The van der Waals surface area contributed by atoms with Crippen molar-refractivity contribution in [2.45, 2.75) is 40.5 Å². The number of carbonyl (C=O) groups excluding carboxylic acids is 1. The minimum atomic E-state index is -3.97. The molecule has 0 saturated heterocycles. The minimum absolute atomic E-state index is 0.0320. The summed E-state index contributed by atoms with van der Waals surface area (Å²) in [5, 5.41) is 2.42. The minimum Gasteiger partial charge on any atom is -0.355 e. The van der Waals surface area contributed by atoms with Crippen LogP contribution in [0.2, 0.25) is 0 Å².